The van der Waals surface area contributed by atoms with Crippen molar-refractivity contribution in [3.63, 3.8) is 0 Å². The van der Waals surface area contributed by atoms with E-state index in [1.54, 1.807) is 0 Å². The molecule has 0 aromatic rings. The van der Waals surface area contributed by atoms with Gasteiger partial charge in [-0.15, -0.1) is 0 Å². The number of nitrogens with two attached hydrogens (primary N) is 1. The van der Waals surface area contributed by atoms with Crippen molar-refractivity contribution in [3.8, 4) is 0 Å². The normalized spacial score (nSPS) is 26.5. The Balaban J connectivity index is 2.43. The highest BCUT2D eigenvalue weighted by Crippen LogP contribution is 2.31. The van der Waals surface area contributed by atoms with E-state index < -0.39 is 5.60 Å². The van der Waals surface area contributed by atoms with Crippen molar-refractivity contribution >= 4 is 0 Å². The van der Waals surface area contributed by atoms with Gasteiger partial charge in [0.15, 0.2) is 0 Å². The second-order valence-electron chi connectivity index (χ2n) is 3.90. The largest absolute Gasteiger partial charge is 0.389 e. The van der Waals surface area contributed by atoms with Crippen molar-refractivity contribution < 1.29 is 5.11 Å². The topological polar surface area (TPSA) is 46.2 Å². The lowest BCUT2D eigenvalue weighted by molar-refractivity contribution is -0.00808. The average Bonchev–Trinajstić information content (AvgIpc) is 2.06. The van der Waals surface area contributed by atoms with Gasteiger partial charge in [0, 0.05) is 6.54 Å². The Bertz CT molecular complexity index is 117. The van der Waals surface area contributed by atoms with E-state index in [2.05, 4.69) is 0 Å². The van der Waals surface area contributed by atoms with Gasteiger partial charge in [0.1, 0.15) is 0 Å². The van der Waals surface area contributed by atoms with Crippen LogP contribution in [0.1, 0.15) is 39.0 Å². The zero-order chi connectivity index (χ0) is 8.32. The smallest absolute Gasteiger partial charge is 0.0769 e. The maximum atomic E-state index is 9.82. The molecule has 11 heavy (non-hydrogen) atoms. The van der Waals surface area contributed by atoms with Crippen LogP contribution in [0.2, 0.25) is 0 Å². The summed E-state index contributed by atoms with van der Waals surface area (Å²) >= 11 is 0. The molecule has 0 radical (unpaired) electrons. The first-order valence-electron chi connectivity index (χ1n) is 4.59. The van der Waals surface area contributed by atoms with Crippen LogP contribution in [0, 0.1) is 5.92 Å². The molecule has 0 aromatic heterocycles. The van der Waals surface area contributed by atoms with Gasteiger partial charge in [-0.3, -0.25) is 0 Å². The zero-order valence-corrected chi connectivity index (χ0v) is 7.34. The van der Waals surface area contributed by atoms with E-state index in [1.807, 2.05) is 6.92 Å². The minimum atomic E-state index is -0.611. The molecular weight excluding hydrogens is 138 g/mol. The third kappa shape index (κ3) is 2.17. The van der Waals surface area contributed by atoms with Crippen LogP contribution in [0.5, 0.6) is 0 Å². The number of hydrogen-bond acceptors (Lipinski definition) is 2. The highest BCUT2D eigenvalue weighted by Gasteiger charge is 2.30. The molecule has 1 rings (SSSR count). The molecule has 1 atom stereocenters. The summed E-state index contributed by atoms with van der Waals surface area (Å²) in [6, 6.07) is 0. The predicted molar refractivity (Wildman–Crippen MR) is 46.3 cm³/mol. The van der Waals surface area contributed by atoms with Gasteiger partial charge in [-0.1, -0.05) is 19.3 Å². The lowest BCUT2D eigenvalue weighted by Crippen LogP contribution is -2.42. The first-order valence-corrected chi connectivity index (χ1v) is 4.59. The van der Waals surface area contributed by atoms with Gasteiger partial charge in [-0.05, 0) is 25.7 Å². The van der Waals surface area contributed by atoms with E-state index >= 15 is 0 Å². The average molecular weight is 157 g/mol. The molecule has 1 aliphatic carbocycles. The minimum absolute atomic E-state index is 0.400. The Morgan fingerprint density at radius 2 is 1.91 bits per heavy atom. The Hall–Kier alpha value is -0.0800. The predicted octanol–water partition coefficient (Wildman–Crippen LogP) is 1.28. The van der Waals surface area contributed by atoms with Gasteiger partial charge in [0.2, 0.25) is 0 Å². The molecule has 0 spiro atoms. The Morgan fingerprint density at radius 3 is 2.36 bits per heavy atom. The molecule has 0 bridgehead atoms. The fraction of sp³-hybridized carbons (Fsp3) is 1.00. The highest BCUT2D eigenvalue weighted by molar-refractivity contribution is 4.84. The summed E-state index contributed by atoms with van der Waals surface area (Å²) in [5, 5.41) is 9.82. The molecule has 1 fully saturated rings. The summed E-state index contributed by atoms with van der Waals surface area (Å²) in [6.45, 7) is 2.26. The van der Waals surface area contributed by atoms with Crippen LogP contribution >= 0.6 is 0 Å². The van der Waals surface area contributed by atoms with Crippen LogP contribution in [-0.4, -0.2) is 17.3 Å². The van der Waals surface area contributed by atoms with Crippen molar-refractivity contribution in [3.05, 3.63) is 0 Å². The minimum Gasteiger partial charge on any atom is -0.389 e. The highest BCUT2D eigenvalue weighted by atomic mass is 16.3. The third-order valence-corrected chi connectivity index (χ3v) is 2.90. The summed E-state index contributed by atoms with van der Waals surface area (Å²) in [4.78, 5) is 0. The summed E-state index contributed by atoms with van der Waals surface area (Å²) < 4.78 is 0. The van der Waals surface area contributed by atoms with E-state index in [9.17, 15) is 5.11 Å². The molecule has 2 nitrogen and oxygen atoms in total. The molecule has 0 aromatic carbocycles. The molecule has 0 saturated heterocycles. The first-order chi connectivity index (χ1) is 5.17. The molecule has 0 amide bonds. The molecule has 1 saturated carbocycles. The van der Waals surface area contributed by atoms with Gasteiger partial charge in [0.25, 0.3) is 0 Å². The molecule has 0 heterocycles. The number of hydrogen-bond donors (Lipinski definition) is 2. The number of aliphatic hydroxyl groups is 1. The van der Waals surface area contributed by atoms with Gasteiger partial charge < -0.3 is 10.8 Å². The maximum Gasteiger partial charge on any atom is 0.0769 e. The lowest BCUT2D eigenvalue weighted by Gasteiger charge is -2.34. The molecule has 2 heteroatoms. The summed E-state index contributed by atoms with van der Waals surface area (Å²) in [5.74, 6) is 0.446. The molecule has 3 N–H and O–H groups in total. The summed E-state index contributed by atoms with van der Waals surface area (Å²) in [6.07, 6.45) is 6.17. The SMILES string of the molecule is C[C@@](O)(CN)C1CCCCC1. The van der Waals surface area contributed by atoms with Crippen LogP contribution < -0.4 is 5.73 Å². The second-order valence-corrected chi connectivity index (χ2v) is 3.90. The zero-order valence-electron chi connectivity index (χ0n) is 7.34. The lowest BCUT2D eigenvalue weighted by atomic mass is 9.78. The van der Waals surface area contributed by atoms with E-state index in [1.165, 1.54) is 19.3 Å². The standard InChI is InChI=1S/C9H19NO/c1-9(11,7-10)8-5-3-2-4-6-8/h8,11H,2-7,10H2,1H3/t9-/m1/s1. The van der Waals surface area contributed by atoms with Crippen LogP contribution in [0.3, 0.4) is 0 Å². The maximum absolute atomic E-state index is 9.82. The fourth-order valence-electron chi connectivity index (χ4n) is 1.89. The van der Waals surface area contributed by atoms with Gasteiger partial charge in [0.05, 0.1) is 5.60 Å². The van der Waals surface area contributed by atoms with E-state index in [0.717, 1.165) is 12.8 Å². The fourth-order valence-corrected chi connectivity index (χ4v) is 1.89. The monoisotopic (exact) mass is 157 g/mol. The summed E-state index contributed by atoms with van der Waals surface area (Å²) in [7, 11) is 0. The molecule has 0 unspecified atom stereocenters. The van der Waals surface area contributed by atoms with Crippen LogP contribution in [0.4, 0.5) is 0 Å². The van der Waals surface area contributed by atoms with Crippen molar-refractivity contribution in [1.29, 1.82) is 0 Å². The second kappa shape index (κ2) is 3.55. The third-order valence-electron chi connectivity index (χ3n) is 2.90. The molecule has 1 aliphatic rings. The van der Waals surface area contributed by atoms with Crippen LogP contribution in [0.25, 0.3) is 0 Å². The molecular formula is C9H19NO. The van der Waals surface area contributed by atoms with Gasteiger partial charge in [-0.25, -0.2) is 0 Å². The van der Waals surface area contributed by atoms with Crippen molar-refractivity contribution in [2.45, 2.75) is 44.6 Å². The van der Waals surface area contributed by atoms with Crippen molar-refractivity contribution in [2.75, 3.05) is 6.54 Å². The Kier molecular flexibility index (Phi) is 2.90. The van der Waals surface area contributed by atoms with Crippen molar-refractivity contribution in [2.24, 2.45) is 11.7 Å². The van der Waals surface area contributed by atoms with Gasteiger partial charge in [-0.2, -0.15) is 0 Å². The van der Waals surface area contributed by atoms with E-state index in [-0.39, 0.29) is 0 Å². The van der Waals surface area contributed by atoms with Gasteiger partial charge >= 0.3 is 0 Å². The first kappa shape index (κ1) is 9.01. The van der Waals surface area contributed by atoms with Crippen molar-refractivity contribution in [1.82, 2.24) is 0 Å². The Morgan fingerprint density at radius 1 is 1.36 bits per heavy atom. The summed E-state index contributed by atoms with van der Waals surface area (Å²) in [5.41, 5.74) is 4.88. The molecule has 0 aliphatic heterocycles. The number of rotatable bonds is 2. The van der Waals surface area contributed by atoms with Crippen LogP contribution in [-0.2, 0) is 0 Å². The quantitative estimate of drug-likeness (QED) is 0.634. The van der Waals surface area contributed by atoms with Crippen LogP contribution in [0.15, 0.2) is 0 Å². The Labute approximate surface area is 68.8 Å². The van der Waals surface area contributed by atoms with E-state index in [0.29, 0.717) is 12.5 Å². The molecule has 66 valence electrons. The van der Waals surface area contributed by atoms with E-state index in [4.69, 9.17) is 5.73 Å².